The molecule has 3 nitrogen and oxygen atoms in total. The molecule has 3 unspecified atom stereocenters. The average Bonchev–Trinajstić information content (AvgIpc) is 2.32. The molecule has 0 amide bonds. The SMILES string of the molecule is CC(=O)O[C@@H]1CCC2(C)C[C@H]3OC1C2C[C@@H]3C(C)C. The summed E-state index contributed by atoms with van der Waals surface area (Å²) in [6.07, 6.45) is 5.11. The predicted molar refractivity (Wildman–Crippen MR) is 72.6 cm³/mol. The second-order valence-electron chi connectivity index (χ2n) is 7.43. The van der Waals surface area contributed by atoms with E-state index in [4.69, 9.17) is 9.47 Å². The minimum Gasteiger partial charge on any atom is -0.460 e. The first-order valence-electron chi connectivity index (χ1n) is 7.73. The molecule has 19 heavy (non-hydrogen) atoms. The summed E-state index contributed by atoms with van der Waals surface area (Å²) in [4.78, 5) is 11.3. The first kappa shape index (κ1) is 13.4. The van der Waals surface area contributed by atoms with E-state index >= 15 is 0 Å². The maximum absolute atomic E-state index is 11.3. The van der Waals surface area contributed by atoms with Gasteiger partial charge >= 0.3 is 5.97 Å². The van der Waals surface area contributed by atoms with Crippen molar-refractivity contribution in [2.24, 2.45) is 23.2 Å². The highest BCUT2D eigenvalue weighted by molar-refractivity contribution is 5.66. The quantitative estimate of drug-likeness (QED) is 0.720. The van der Waals surface area contributed by atoms with Gasteiger partial charge in [0.05, 0.1) is 12.2 Å². The fraction of sp³-hybridized carbons (Fsp3) is 0.938. The molecule has 0 spiro atoms. The van der Waals surface area contributed by atoms with Crippen LogP contribution >= 0.6 is 0 Å². The summed E-state index contributed by atoms with van der Waals surface area (Å²) in [6.45, 7) is 8.53. The van der Waals surface area contributed by atoms with Crippen LogP contribution in [0.1, 0.15) is 53.4 Å². The highest BCUT2D eigenvalue weighted by atomic mass is 16.6. The zero-order valence-corrected chi connectivity index (χ0v) is 12.5. The van der Waals surface area contributed by atoms with E-state index in [2.05, 4.69) is 20.8 Å². The van der Waals surface area contributed by atoms with Crippen LogP contribution in [0.25, 0.3) is 0 Å². The molecule has 0 radical (unpaired) electrons. The number of fused-ring (bicyclic) bond motifs is 1. The van der Waals surface area contributed by atoms with E-state index in [-0.39, 0.29) is 18.2 Å². The molecule has 0 aromatic carbocycles. The van der Waals surface area contributed by atoms with Gasteiger partial charge in [0.1, 0.15) is 6.10 Å². The molecule has 2 saturated carbocycles. The van der Waals surface area contributed by atoms with E-state index in [1.807, 2.05) is 0 Å². The van der Waals surface area contributed by atoms with E-state index in [0.29, 0.717) is 29.3 Å². The molecule has 0 N–H and O–H groups in total. The van der Waals surface area contributed by atoms with Crippen LogP contribution in [0.3, 0.4) is 0 Å². The lowest BCUT2D eigenvalue weighted by molar-refractivity contribution is -0.266. The van der Waals surface area contributed by atoms with Crippen LogP contribution in [0, 0.1) is 23.2 Å². The van der Waals surface area contributed by atoms with Gasteiger partial charge in [0.2, 0.25) is 0 Å². The Hall–Kier alpha value is -0.570. The molecule has 4 bridgehead atoms. The van der Waals surface area contributed by atoms with Crippen molar-refractivity contribution >= 4 is 5.97 Å². The van der Waals surface area contributed by atoms with Crippen molar-refractivity contribution < 1.29 is 14.3 Å². The number of rotatable bonds is 2. The molecule has 3 heteroatoms. The van der Waals surface area contributed by atoms with Crippen molar-refractivity contribution in [2.45, 2.75) is 71.7 Å². The fourth-order valence-corrected chi connectivity index (χ4v) is 4.78. The first-order chi connectivity index (χ1) is 8.90. The molecule has 2 saturated heterocycles. The van der Waals surface area contributed by atoms with Crippen LogP contribution in [0.15, 0.2) is 0 Å². The van der Waals surface area contributed by atoms with E-state index < -0.39 is 0 Å². The number of carbonyl (C=O) groups excluding carboxylic acids is 1. The summed E-state index contributed by atoms with van der Waals surface area (Å²) >= 11 is 0. The summed E-state index contributed by atoms with van der Waals surface area (Å²) in [7, 11) is 0. The van der Waals surface area contributed by atoms with Gasteiger partial charge in [-0.15, -0.1) is 0 Å². The van der Waals surface area contributed by atoms with Crippen molar-refractivity contribution in [3.63, 3.8) is 0 Å². The zero-order valence-electron chi connectivity index (χ0n) is 12.5. The number of hydrogen-bond acceptors (Lipinski definition) is 3. The van der Waals surface area contributed by atoms with Gasteiger partial charge < -0.3 is 9.47 Å². The van der Waals surface area contributed by atoms with Crippen molar-refractivity contribution in [1.82, 2.24) is 0 Å². The Morgan fingerprint density at radius 3 is 2.74 bits per heavy atom. The normalized spacial score (nSPS) is 48.4. The largest absolute Gasteiger partial charge is 0.460 e. The van der Waals surface area contributed by atoms with Crippen LogP contribution in [0.2, 0.25) is 0 Å². The van der Waals surface area contributed by atoms with Crippen molar-refractivity contribution in [2.75, 3.05) is 0 Å². The van der Waals surface area contributed by atoms with Gasteiger partial charge in [0, 0.05) is 6.92 Å². The predicted octanol–water partition coefficient (Wildman–Crippen LogP) is 3.17. The number of carbonyl (C=O) groups is 1. The summed E-state index contributed by atoms with van der Waals surface area (Å²) in [5.41, 5.74) is 0.412. The van der Waals surface area contributed by atoms with E-state index in [0.717, 1.165) is 6.42 Å². The van der Waals surface area contributed by atoms with Crippen LogP contribution in [0.4, 0.5) is 0 Å². The first-order valence-corrected chi connectivity index (χ1v) is 7.73. The van der Waals surface area contributed by atoms with Gasteiger partial charge in [0.15, 0.2) is 0 Å². The third kappa shape index (κ3) is 2.10. The topological polar surface area (TPSA) is 35.5 Å². The fourth-order valence-electron chi connectivity index (χ4n) is 4.78. The van der Waals surface area contributed by atoms with Gasteiger partial charge in [-0.1, -0.05) is 20.8 Å². The van der Waals surface area contributed by atoms with Crippen LogP contribution in [-0.4, -0.2) is 24.3 Å². The van der Waals surface area contributed by atoms with Crippen LogP contribution < -0.4 is 0 Å². The van der Waals surface area contributed by atoms with Crippen molar-refractivity contribution in [1.29, 1.82) is 0 Å². The molecule has 4 fully saturated rings. The lowest BCUT2D eigenvalue weighted by Gasteiger charge is -2.61. The smallest absolute Gasteiger partial charge is 0.302 e. The van der Waals surface area contributed by atoms with E-state index in [9.17, 15) is 4.79 Å². The lowest BCUT2D eigenvalue weighted by atomic mass is 9.52. The number of ether oxygens (including phenoxy) is 2. The third-order valence-electron chi connectivity index (χ3n) is 5.83. The molecule has 2 aliphatic carbocycles. The molecule has 2 heterocycles. The maximum atomic E-state index is 11.3. The Morgan fingerprint density at radius 2 is 2.16 bits per heavy atom. The van der Waals surface area contributed by atoms with Gasteiger partial charge in [-0.05, 0) is 48.9 Å². The third-order valence-corrected chi connectivity index (χ3v) is 5.83. The van der Waals surface area contributed by atoms with Gasteiger partial charge in [-0.2, -0.15) is 0 Å². The minimum absolute atomic E-state index is 0.00788. The highest BCUT2D eigenvalue weighted by Crippen LogP contribution is 2.59. The molecule has 4 rings (SSSR count). The Kier molecular flexibility index (Phi) is 3.16. The molecule has 4 aliphatic rings. The molecule has 108 valence electrons. The minimum atomic E-state index is -0.168. The molecular formula is C16H26O3. The molecule has 0 aromatic heterocycles. The Labute approximate surface area is 116 Å². The van der Waals surface area contributed by atoms with Gasteiger partial charge in [0.25, 0.3) is 0 Å². The number of esters is 1. The Morgan fingerprint density at radius 1 is 1.42 bits per heavy atom. The highest BCUT2D eigenvalue weighted by Gasteiger charge is 2.59. The lowest BCUT2D eigenvalue weighted by Crippen LogP contribution is -2.63. The summed E-state index contributed by atoms with van der Waals surface area (Å²) < 4.78 is 11.8. The Bertz CT molecular complexity index is 378. The summed E-state index contributed by atoms with van der Waals surface area (Å²) in [5, 5.41) is 0. The van der Waals surface area contributed by atoms with E-state index in [1.54, 1.807) is 0 Å². The molecule has 0 aromatic rings. The van der Waals surface area contributed by atoms with Gasteiger partial charge in [-0.3, -0.25) is 4.79 Å². The second kappa shape index (κ2) is 4.47. The Balaban J connectivity index is 1.81. The van der Waals surface area contributed by atoms with Gasteiger partial charge in [-0.25, -0.2) is 0 Å². The second-order valence-corrected chi connectivity index (χ2v) is 7.43. The van der Waals surface area contributed by atoms with Crippen molar-refractivity contribution in [3.8, 4) is 0 Å². The van der Waals surface area contributed by atoms with Crippen molar-refractivity contribution in [3.05, 3.63) is 0 Å². The molecular weight excluding hydrogens is 240 g/mol. The molecule has 6 atom stereocenters. The summed E-state index contributed by atoms with van der Waals surface area (Å²) in [6, 6.07) is 0. The number of hydrogen-bond donors (Lipinski definition) is 0. The molecule has 2 aliphatic heterocycles. The standard InChI is InChI=1S/C16H26O3/c1-9(2)11-7-12-15-13(18-10(3)17)5-6-16(12,4)8-14(11)19-15/h9,11-15H,5-8H2,1-4H3/t11-,12?,13-,14-,15?,16?/m1/s1. The summed E-state index contributed by atoms with van der Waals surface area (Å²) in [5.74, 6) is 1.78. The monoisotopic (exact) mass is 266 g/mol. The van der Waals surface area contributed by atoms with Crippen LogP contribution in [0.5, 0.6) is 0 Å². The average molecular weight is 266 g/mol. The maximum Gasteiger partial charge on any atom is 0.302 e. The van der Waals surface area contributed by atoms with E-state index in [1.165, 1.54) is 26.2 Å². The zero-order chi connectivity index (χ0) is 13.8. The van der Waals surface area contributed by atoms with Crippen LogP contribution in [-0.2, 0) is 14.3 Å².